The van der Waals surface area contributed by atoms with E-state index in [1.54, 1.807) is 13.8 Å². The lowest BCUT2D eigenvalue weighted by atomic mass is 10.0. The highest BCUT2D eigenvalue weighted by Crippen LogP contribution is 2.33. The molecular weight excluding hydrogens is 291 g/mol. The highest BCUT2D eigenvalue weighted by molar-refractivity contribution is 5.82. The average molecular weight is 307 g/mol. The van der Waals surface area contributed by atoms with Crippen LogP contribution in [-0.4, -0.2) is 38.9 Å². The smallest absolute Gasteiger partial charge is 0.422 e. The number of aliphatic carboxylic acids is 1. The van der Waals surface area contributed by atoms with E-state index in [-0.39, 0.29) is 12.0 Å². The number of nitrogens with one attached hydrogen (secondary N) is 1. The Morgan fingerprint density at radius 1 is 1.38 bits per heavy atom. The fourth-order valence-corrected chi connectivity index (χ4v) is 1.37. The van der Waals surface area contributed by atoms with Gasteiger partial charge in [0.2, 0.25) is 17.4 Å². The van der Waals surface area contributed by atoms with Crippen LogP contribution >= 0.6 is 0 Å². The summed E-state index contributed by atoms with van der Waals surface area (Å²) in [5.41, 5.74) is -2.85. The maximum Gasteiger partial charge on any atom is 0.422 e. The summed E-state index contributed by atoms with van der Waals surface area (Å²) in [6, 6.07) is 1.44. The Bertz CT molecular complexity index is 534. The molecule has 0 aliphatic rings. The quantitative estimate of drug-likeness (QED) is 0.869. The molecule has 0 radical (unpaired) electrons. The van der Waals surface area contributed by atoms with Gasteiger partial charge in [-0.05, 0) is 27.7 Å². The van der Waals surface area contributed by atoms with Crippen LogP contribution in [0.2, 0.25) is 0 Å². The lowest BCUT2D eigenvalue weighted by Gasteiger charge is -2.28. The van der Waals surface area contributed by atoms with E-state index >= 15 is 0 Å². The third-order valence-corrected chi connectivity index (χ3v) is 2.54. The highest BCUT2D eigenvalue weighted by atomic mass is 19.4. The molecule has 1 atom stereocenters. The minimum Gasteiger partial charge on any atom is -0.479 e. The third-order valence-electron chi connectivity index (χ3n) is 2.54. The van der Waals surface area contributed by atoms with Crippen LogP contribution in [0.15, 0.2) is 6.07 Å². The first-order valence-electron chi connectivity index (χ1n) is 6.06. The number of carboxylic acid groups (broad SMARTS) is 1. The monoisotopic (exact) mass is 307 g/mol. The molecule has 0 aliphatic carbocycles. The number of hydrogen-bond donors (Lipinski definition) is 2. The first-order valence-corrected chi connectivity index (χ1v) is 6.06. The number of anilines is 1. The van der Waals surface area contributed by atoms with Crippen LogP contribution in [0.4, 0.5) is 19.1 Å². The SMILES string of the molecule is Cc1cc(OC(C)C)nc(NC(C)(C(=O)O)C(F)(F)F)n1. The molecule has 0 saturated heterocycles. The lowest BCUT2D eigenvalue weighted by molar-refractivity contribution is -0.193. The van der Waals surface area contributed by atoms with Gasteiger partial charge in [0, 0.05) is 11.8 Å². The van der Waals surface area contributed by atoms with Gasteiger partial charge < -0.3 is 15.2 Å². The van der Waals surface area contributed by atoms with Gasteiger partial charge in [0.25, 0.3) is 0 Å². The number of nitrogens with zero attached hydrogens (tertiary/aromatic N) is 2. The van der Waals surface area contributed by atoms with E-state index in [9.17, 15) is 18.0 Å². The van der Waals surface area contributed by atoms with Gasteiger partial charge in [0.05, 0.1) is 6.10 Å². The van der Waals surface area contributed by atoms with E-state index in [4.69, 9.17) is 9.84 Å². The van der Waals surface area contributed by atoms with Gasteiger partial charge in [0.1, 0.15) is 0 Å². The van der Waals surface area contributed by atoms with Crippen molar-refractivity contribution in [1.82, 2.24) is 9.97 Å². The molecule has 0 amide bonds. The van der Waals surface area contributed by atoms with Crippen LogP contribution in [0.5, 0.6) is 5.88 Å². The molecule has 1 aromatic heterocycles. The van der Waals surface area contributed by atoms with Crippen molar-refractivity contribution in [1.29, 1.82) is 0 Å². The number of rotatable bonds is 5. The minimum absolute atomic E-state index is 0.0647. The van der Waals surface area contributed by atoms with E-state index in [1.165, 1.54) is 13.0 Å². The number of hydrogen-bond acceptors (Lipinski definition) is 5. The maximum atomic E-state index is 12.9. The summed E-state index contributed by atoms with van der Waals surface area (Å²) in [5.74, 6) is -2.48. The van der Waals surface area contributed by atoms with Gasteiger partial charge in [-0.3, -0.25) is 0 Å². The van der Waals surface area contributed by atoms with E-state index in [1.807, 2.05) is 5.32 Å². The van der Waals surface area contributed by atoms with Gasteiger partial charge in [-0.25, -0.2) is 9.78 Å². The van der Waals surface area contributed by atoms with Gasteiger partial charge in [-0.15, -0.1) is 0 Å². The molecule has 9 heteroatoms. The topological polar surface area (TPSA) is 84.3 Å². The molecule has 6 nitrogen and oxygen atoms in total. The van der Waals surface area contributed by atoms with Gasteiger partial charge in [-0.2, -0.15) is 18.2 Å². The normalized spacial score (nSPS) is 14.7. The van der Waals surface area contributed by atoms with E-state index in [0.717, 1.165) is 0 Å². The summed E-state index contributed by atoms with van der Waals surface area (Å²) in [6.07, 6.45) is -5.26. The molecule has 0 bridgehead atoms. The molecule has 1 rings (SSSR count). The number of carboxylic acids is 1. The lowest BCUT2D eigenvalue weighted by Crippen LogP contribution is -2.56. The molecule has 1 heterocycles. The van der Waals surface area contributed by atoms with Crippen molar-refractivity contribution in [3.05, 3.63) is 11.8 Å². The van der Waals surface area contributed by atoms with Gasteiger partial charge in [0.15, 0.2) is 0 Å². The molecule has 118 valence electrons. The Morgan fingerprint density at radius 2 is 1.95 bits per heavy atom. The number of carbonyl (C=O) groups is 1. The molecule has 0 fully saturated rings. The summed E-state index contributed by atoms with van der Waals surface area (Å²) in [5, 5.41) is 10.7. The van der Waals surface area contributed by atoms with Crippen LogP contribution in [-0.2, 0) is 4.79 Å². The van der Waals surface area contributed by atoms with Crippen LogP contribution < -0.4 is 10.1 Å². The van der Waals surface area contributed by atoms with Gasteiger partial charge in [-0.1, -0.05) is 0 Å². The Labute approximate surface area is 119 Å². The summed E-state index contributed by atoms with van der Waals surface area (Å²) in [7, 11) is 0. The molecule has 0 spiro atoms. The van der Waals surface area contributed by atoms with E-state index in [2.05, 4.69) is 9.97 Å². The third kappa shape index (κ3) is 3.96. The van der Waals surface area contributed by atoms with Crippen LogP contribution in [0.3, 0.4) is 0 Å². The molecule has 21 heavy (non-hydrogen) atoms. The first kappa shape index (κ1) is 17.0. The number of halogens is 3. The second kappa shape index (κ2) is 5.74. The van der Waals surface area contributed by atoms with Crippen LogP contribution in [0.1, 0.15) is 26.5 Å². The second-order valence-electron chi connectivity index (χ2n) is 4.89. The summed E-state index contributed by atoms with van der Waals surface area (Å²) in [6.45, 7) is 5.49. The predicted molar refractivity (Wildman–Crippen MR) is 68.3 cm³/mol. The number of alkyl halides is 3. The highest BCUT2D eigenvalue weighted by Gasteiger charge is 2.58. The van der Waals surface area contributed by atoms with Crippen molar-refractivity contribution in [2.75, 3.05) is 5.32 Å². The summed E-state index contributed by atoms with van der Waals surface area (Å²) < 4.78 is 44.0. The Hall–Kier alpha value is -2.06. The average Bonchev–Trinajstić information content (AvgIpc) is 2.24. The van der Waals surface area contributed by atoms with Crippen LogP contribution in [0.25, 0.3) is 0 Å². The fourth-order valence-electron chi connectivity index (χ4n) is 1.37. The fraction of sp³-hybridized carbons (Fsp3) is 0.583. The van der Waals surface area contributed by atoms with Crippen molar-refractivity contribution in [3.63, 3.8) is 0 Å². The zero-order valence-corrected chi connectivity index (χ0v) is 11.9. The minimum atomic E-state index is -5.02. The molecule has 1 unspecified atom stereocenters. The Kier molecular flexibility index (Phi) is 4.65. The summed E-state index contributed by atoms with van der Waals surface area (Å²) in [4.78, 5) is 18.5. The second-order valence-corrected chi connectivity index (χ2v) is 4.89. The molecule has 2 N–H and O–H groups in total. The largest absolute Gasteiger partial charge is 0.479 e. The summed E-state index contributed by atoms with van der Waals surface area (Å²) >= 11 is 0. The number of ether oxygens (including phenoxy) is 1. The maximum absolute atomic E-state index is 12.9. The number of aryl methyl sites for hydroxylation is 1. The van der Waals surface area contributed by atoms with E-state index < -0.39 is 23.6 Å². The van der Waals surface area contributed by atoms with Crippen molar-refractivity contribution < 1.29 is 27.8 Å². The zero-order chi connectivity index (χ0) is 16.4. The van der Waals surface area contributed by atoms with E-state index in [0.29, 0.717) is 12.6 Å². The Morgan fingerprint density at radius 3 is 2.38 bits per heavy atom. The molecule has 1 aromatic rings. The first-order chi connectivity index (χ1) is 9.45. The molecule has 0 aromatic carbocycles. The number of aromatic nitrogens is 2. The predicted octanol–water partition coefficient (Wildman–Crippen LogP) is 2.39. The standard InChI is InChI=1S/C12H16F3N3O3/c1-6(2)21-8-5-7(3)16-10(17-8)18-11(4,9(19)20)12(13,14)15/h5-6H,1-4H3,(H,19,20)(H,16,17,18). The van der Waals surface area contributed by atoms with Crippen molar-refractivity contribution in [2.45, 2.75) is 45.5 Å². The van der Waals surface area contributed by atoms with Crippen molar-refractivity contribution in [2.24, 2.45) is 0 Å². The Balaban J connectivity index is 3.16. The van der Waals surface area contributed by atoms with Gasteiger partial charge >= 0.3 is 12.1 Å². The zero-order valence-electron chi connectivity index (χ0n) is 11.9. The van der Waals surface area contributed by atoms with Crippen molar-refractivity contribution in [3.8, 4) is 5.88 Å². The van der Waals surface area contributed by atoms with Crippen LogP contribution in [0, 0.1) is 6.92 Å². The molecule has 0 saturated carbocycles. The van der Waals surface area contributed by atoms with Crippen molar-refractivity contribution >= 4 is 11.9 Å². The molecular formula is C12H16F3N3O3. The molecule has 0 aliphatic heterocycles.